The summed E-state index contributed by atoms with van der Waals surface area (Å²) in [5.74, 6) is -1.45. The van der Waals surface area contributed by atoms with Gasteiger partial charge in [0.1, 0.15) is 0 Å². The summed E-state index contributed by atoms with van der Waals surface area (Å²) in [5.41, 5.74) is 3.50. The third-order valence-corrected chi connectivity index (χ3v) is 9.03. The van der Waals surface area contributed by atoms with Crippen LogP contribution >= 0.6 is 11.6 Å². The number of aryl methyl sites for hydroxylation is 1. The Morgan fingerprint density at radius 1 is 1.10 bits per heavy atom. The minimum absolute atomic E-state index is 0.239. The van der Waals surface area contributed by atoms with Crippen molar-refractivity contribution in [2.75, 3.05) is 18.0 Å². The number of carboxylic acid groups (broad SMARTS) is 1. The Bertz CT molecular complexity index is 1120. The smallest absolute Gasteiger partial charge is 0.307 e. The molecule has 0 radical (unpaired) electrons. The van der Waals surface area contributed by atoms with Crippen molar-refractivity contribution in [3.63, 3.8) is 0 Å². The number of carboxylic acids is 1. The van der Waals surface area contributed by atoms with Gasteiger partial charge >= 0.3 is 5.97 Å². The molecule has 0 bridgehead atoms. The molecule has 6 nitrogen and oxygen atoms in total. The van der Waals surface area contributed by atoms with Crippen molar-refractivity contribution in [1.82, 2.24) is 4.31 Å². The number of sulfonamides is 1. The summed E-state index contributed by atoms with van der Waals surface area (Å²) in [6.45, 7) is 6.94. The fraction of sp³-hybridized carbons (Fsp3) is 0.435. The van der Waals surface area contributed by atoms with Crippen LogP contribution in [-0.4, -0.2) is 49.0 Å². The summed E-state index contributed by atoms with van der Waals surface area (Å²) in [6, 6.07) is 10.6. The second kappa shape index (κ2) is 8.11. The fourth-order valence-electron chi connectivity index (χ4n) is 4.97. The summed E-state index contributed by atoms with van der Waals surface area (Å²) in [6.07, 6.45) is 0.635. The average molecular weight is 463 g/mol. The van der Waals surface area contributed by atoms with Gasteiger partial charge in [-0.3, -0.25) is 4.79 Å². The largest absolute Gasteiger partial charge is 0.481 e. The highest BCUT2D eigenvalue weighted by atomic mass is 35.5. The molecule has 8 heteroatoms. The summed E-state index contributed by atoms with van der Waals surface area (Å²) in [4.78, 5) is 13.9. The number of anilines is 1. The number of rotatable bonds is 4. The first-order chi connectivity index (χ1) is 14.6. The first-order valence-corrected chi connectivity index (χ1v) is 12.3. The number of hydrogen-bond acceptors (Lipinski definition) is 4. The number of hydrogen-bond donors (Lipinski definition) is 1. The van der Waals surface area contributed by atoms with Crippen LogP contribution in [-0.2, 0) is 27.7 Å². The molecule has 2 aliphatic rings. The number of nitrogens with zero attached hydrogens (tertiary/aromatic N) is 2. The van der Waals surface area contributed by atoms with Gasteiger partial charge in [0, 0.05) is 35.9 Å². The highest BCUT2D eigenvalue weighted by Crippen LogP contribution is 2.36. The van der Waals surface area contributed by atoms with Crippen LogP contribution in [0.5, 0.6) is 0 Å². The summed E-state index contributed by atoms with van der Waals surface area (Å²) in [5, 5.41) is 10.1. The van der Waals surface area contributed by atoms with Gasteiger partial charge in [-0.15, -0.1) is 0 Å². The normalized spacial score (nSPS) is 24.3. The molecule has 2 aromatic carbocycles. The lowest BCUT2D eigenvalue weighted by Gasteiger charge is -2.44. The van der Waals surface area contributed by atoms with Crippen LogP contribution in [0.25, 0.3) is 0 Å². The summed E-state index contributed by atoms with van der Waals surface area (Å²) in [7, 11) is -3.76. The Morgan fingerprint density at radius 2 is 1.77 bits per heavy atom. The monoisotopic (exact) mass is 462 g/mol. The van der Waals surface area contributed by atoms with Gasteiger partial charge in [0.25, 0.3) is 0 Å². The Kier molecular flexibility index (Phi) is 5.79. The van der Waals surface area contributed by atoms with Gasteiger partial charge in [-0.25, -0.2) is 8.42 Å². The number of halogens is 1. The van der Waals surface area contributed by atoms with Crippen molar-refractivity contribution in [3.8, 4) is 0 Å². The minimum atomic E-state index is -3.76. The highest BCUT2D eigenvalue weighted by molar-refractivity contribution is 7.89. The van der Waals surface area contributed by atoms with Crippen LogP contribution in [0.15, 0.2) is 41.3 Å². The minimum Gasteiger partial charge on any atom is -0.481 e. The third kappa shape index (κ3) is 3.95. The Hall–Kier alpha value is -2.09. The van der Waals surface area contributed by atoms with E-state index >= 15 is 0 Å². The summed E-state index contributed by atoms with van der Waals surface area (Å²) < 4.78 is 29.1. The zero-order valence-corrected chi connectivity index (χ0v) is 19.4. The molecule has 2 aromatic rings. The lowest BCUT2D eigenvalue weighted by Crippen LogP contribution is -2.58. The van der Waals surface area contributed by atoms with Crippen LogP contribution in [0.3, 0.4) is 0 Å². The Labute approximate surface area is 188 Å². The molecular formula is C23H27ClN2O4S. The average Bonchev–Trinajstić information content (AvgIpc) is 3.14. The van der Waals surface area contributed by atoms with E-state index in [9.17, 15) is 18.3 Å². The second-order valence-electron chi connectivity index (χ2n) is 8.71. The zero-order chi connectivity index (χ0) is 22.5. The van der Waals surface area contributed by atoms with Gasteiger partial charge in [0.2, 0.25) is 10.0 Å². The van der Waals surface area contributed by atoms with Crippen molar-refractivity contribution in [2.45, 2.75) is 50.6 Å². The van der Waals surface area contributed by atoms with Crippen LogP contribution in [0, 0.1) is 12.8 Å². The van der Waals surface area contributed by atoms with Crippen LogP contribution in [0.2, 0.25) is 5.02 Å². The maximum atomic E-state index is 13.7. The summed E-state index contributed by atoms with van der Waals surface area (Å²) >= 11 is 6.16. The van der Waals surface area contributed by atoms with Gasteiger partial charge in [-0.1, -0.05) is 23.7 Å². The van der Waals surface area contributed by atoms with Crippen molar-refractivity contribution in [3.05, 3.63) is 58.1 Å². The van der Waals surface area contributed by atoms with E-state index in [4.69, 9.17) is 11.6 Å². The molecule has 0 amide bonds. The first-order valence-electron chi connectivity index (χ1n) is 10.5. The number of carbonyl (C=O) groups is 1. The Morgan fingerprint density at radius 3 is 2.39 bits per heavy atom. The van der Waals surface area contributed by atoms with E-state index in [0.717, 1.165) is 16.8 Å². The fourth-order valence-corrected chi connectivity index (χ4v) is 7.17. The topological polar surface area (TPSA) is 77.9 Å². The quantitative estimate of drug-likeness (QED) is 0.748. The molecule has 1 fully saturated rings. The van der Waals surface area contributed by atoms with Crippen LogP contribution in [0.4, 0.5) is 5.69 Å². The lowest BCUT2D eigenvalue weighted by atomic mass is 10.1. The maximum Gasteiger partial charge on any atom is 0.307 e. The van der Waals surface area contributed by atoms with Gasteiger partial charge in [0.05, 0.1) is 10.8 Å². The second-order valence-corrected chi connectivity index (χ2v) is 10.9. The number of piperazine rings is 1. The molecule has 3 atom stereocenters. The molecule has 31 heavy (non-hydrogen) atoms. The lowest BCUT2D eigenvalue weighted by molar-refractivity contribution is -0.141. The molecule has 0 aromatic heterocycles. The molecule has 1 heterocycles. The molecular weight excluding hydrogens is 436 g/mol. The molecule has 1 saturated heterocycles. The van der Waals surface area contributed by atoms with Crippen molar-refractivity contribution < 1.29 is 18.3 Å². The Balaban J connectivity index is 1.63. The SMILES string of the molecule is Cc1cc(N2CC(C)N(S(=O)(=O)c3cccc4c3CC(C(=O)O)C4)C(C)C2)ccc1Cl. The van der Waals surface area contributed by atoms with E-state index in [1.54, 1.807) is 16.4 Å². The number of fused-ring (bicyclic) bond motifs is 1. The van der Waals surface area contributed by atoms with E-state index in [1.807, 2.05) is 45.0 Å². The molecule has 0 spiro atoms. The molecule has 3 unspecified atom stereocenters. The molecule has 1 aliphatic carbocycles. The van der Waals surface area contributed by atoms with Crippen molar-refractivity contribution in [2.24, 2.45) is 5.92 Å². The van der Waals surface area contributed by atoms with Crippen molar-refractivity contribution >= 4 is 33.3 Å². The van der Waals surface area contributed by atoms with E-state index in [0.29, 0.717) is 30.1 Å². The zero-order valence-electron chi connectivity index (χ0n) is 17.9. The van der Waals surface area contributed by atoms with Gasteiger partial charge in [-0.2, -0.15) is 4.31 Å². The van der Waals surface area contributed by atoms with E-state index in [2.05, 4.69) is 4.90 Å². The van der Waals surface area contributed by atoms with E-state index in [1.165, 1.54) is 0 Å². The van der Waals surface area contributed by atoms with Crippen molar-refractivity contribution in [1.29, 1.82) is 0 Å². The van der Waals surface area contributed by atoms with E-state index < -0.39 is 21.9 Å². The van der Waals surface area contributed by atoms with Gasteiger partial charge in [0.15, 0.2) is 0 Å². The molecule has 4 rings (SSSR count). The highest BCUT2D eigenvalue weighted by Gasteiger charge is 2.41. The number of aliphatic carboxylic acids is 1. The molecule has 166 valence electrons. The standard InChI is InChI=1S/C23H27ClN2O4S/c1-14-9-19(7-8-21(14)24)25-12-15(2)26(16(3)13-25)31(29,30)22-6-4-5-17-10-18(23(27)28)11-20(17)22/h4-9,15-16,18H,10-13H2,1-3H3,(H,27,28). The van der Waals surface area contributed by atoms with Gasteiger partial charge < -0.3 is 10.0 Å². The van der Waals surface area contributed by atoms with Crippen LogP contribution < -0.4 is 4.90 Å². The van der Waals surface area contributed by atoms with Crippen LogP contribution in [0.1, 0.15) is 30.5 Å². The first kappa shape index (κ1) is 22.1. The van der Waals surface area contributed by atoms with Gasteiger partial charge in [-0.05, 0) is 74.6 Å². The molecule has 0 saturated carbocycles. The molecule has 1 N–H and O–H groups in total. The predicted octanol–water partition coefficient (Wildman–Crippen LogP) is 3.74. The molecule has 1 aliphatic heterocycles. The third-order valence-electron chi connectivity index (χ3n) is 6.40. The maximum absolute atomic E-state index is 13.7. The van der Waals surface area contributed by atoms with E-state index in [-0.39, 0.29) is 23.4 Å². The number of benzene rings is 2. The predicted molar refractivity (Wildman–Crippen MR) is 121 cm³/mol.